The molecule has 0 aliphatic rings. The quantitative estimate of drug-likeness (QED) is 0.742. The third kappa shape index (κ3) is 1.16. The third-order valence-electron chi connectivity index (χ3n) is 2.35. The lowest BCUT2D eigenvalue weighted by atomic mass is 10.2. The molecular formula is C10H10N2O2. The number of carboxylic acids is 1. The van der Waals surface area contributed by atoms with E-state index in [9.17, 15) is 4.79 Å². The predicted molar refractivity (Wildman–Crippen MR) is 52.4 cm³/mol. The van der Waals surface area contributed by atoms with E-state index in [1.165, 1.54) is 0 Å². The first-order valence-corrected chi connectivity index (χ1v) is 4.26. The number of aromatic nitrogens is 2. The van der Waals surface area contributed by atoms with Gasteiger partial charge >= 0.3 is 5.97 Å². The van der Waals surface area contributed by atoms with Gasteiger partial charge in [0.2, 0.25) is 0 Å². The summed E-state index contributed by atoms with van der Waals surface area (Å²) in [5.74, 6) is -0.0438. The Labute approximate surface area is 80.8 Å². The number of hydrogen-bond donors (Lipinski definition) is 1. The average molecular weight is 190 g/mol. The van der Waals surface area contributed by atoms with E-state index in [1.54, 1.807) is 18.2 Å². The molecule has 0 saturated heterocycles. The number of benzene rings is 1. The molecule has 1 N–H and O–H groups in total. The molecule has 0 bridgehead atoms. The molecule has 1 heterocycles. The summed E-state index contributed by atoms with van der Waals surface area (Å²) in [4.78, 5) is 15.0. The number of aromatic carboxylic acids is 1. The highest BCUT2D eigenvalue weighted by molar-refractivity contribution is 5.92. The second kappa shape index (κ2) is 2.83. The maximum Gasteiger partial charge on any atom is 0.335 e. The molecular weight excluding hydrogens is 180 g/mol. The summed E-state index contributed by atoms with van der Waals surface area (Å²) >= 11 is 0. The number of nitrogens with zero attached hydrogens (tertiary/aromatic N) is 2. The lowest BCUT2D eigenvalue weighted by Gasteiger charge is -1.96. The summed E-state index contributed by atoms with van der Waals surface area (Å²) in [5.41, 5.74) is 1.95. The molecule has 0 spiro atoms. The molecule has 0 amide bonds. The normalized spacial score (nSPS) is 10.7. The Hall–Kier alpha value is -1.84. The van der Waals surface area contributed by atoms with Crippen molar-refractivity contribution in [3.05, 3.63) is 29.6 Å². The van der Waals surface area contributed by atoms with Crippen LogP contribution in [0.1, 0.15) is 16.2 Å². The number of fused-ring (bicyclic) bond motifs is 1. The van der Waals surface area contributed by atoms with Gasteiger partial charge in [-0.2, -0.15) is 0 Å². The minimum atomic E-state index is -0.921. The van der Waals surface area contributed by atoms with Crippen molar-refractivity contribution in [1.29, 1.82) is 0 Å². The zero-order chi connectivity index (χ0) is 10.3. The van der Waals surface area contributed by atoms with Gasteiger partial charge in [0.15, 0.2) is 0 Å². The third-order valence-corrected chi connectivity index (χ3v) is 2.35. The Bertz CT molecular complexity index is 514. The maximum absolute atomic E-state index is 10.7. The zero-order valence-electron chi connectivity index (χ0n) is 7.98. The molecule has 4 nitrogen and oxygen atoms in total. The molecule has 1 aromatic heterocycles. The van der Waals surface area contributed by atoms with Crippen LogP contribution in [0, 0.1) is 6.92 Å². The molecule has 2 rings (SSSR count). The van der Waals surface area contributed by atoms with Crippen molar-refractivity contribution in [3.63, 3.8) is 0 Å². The van der Waals surface area contributed by atoms with Crippen molar-refractivity contribution >= 4 is 17.0 Å². The minimum absolute atomic E-state index is 0.274. The van der Waals surface area contributed by atoms with Gasteiger partial charge in [0, 0.05) is 7.05 Å². The number of aryl methyl sites for hydroxylation is 2. The van der Waals surface area contributed by atoms with Crippen molar-refractivity contribution in [3.8, 4) is 0 Å². The van der Waals surface area contributed by atoms with Gasteiger partial charge in [-0.1, -0.05) is 0 Å². The molecule has 0 saturated carbocycles. The van der Waals surface area contributed by atoms with E-state index in [0.717, 1.165) is 16.9 Å². The van der Waals surface area contributed by atoms with Crippen LogP contribution in [0.3, 0.4) is 0 Å². The summed E-state index contributed by atoms with van der Waals surface area (Å²) in [7, 11) is 1.91. The number of hydrogen-bond acceptors (Lipinski definition) is 2. The number of carbonyl (C=O) groups is 1. The minimum Gasteiger partial charge on any atom is -0.478 e. The molecule has 14 heavy (non-hydrogen) atoms. The van der Waals surface area contributed by atoms with E-state index < -0.39 is 5.97 Å². The highest BCUT2D eigenvalue weighted by Crippen LogP contribution is 2.16. The predicted octanol–water partition coefficient (Wildman–Crippen LogP) is 1.58. The molecule has 1 aromatic carbocycles. The van der Waals surface area contributed by atoms with Gasteiger partial charge in [0.25, 0.3) is 0 Å². The molecule has 0 radical (unpaired) electrons. The van der Waals surface area contributed by atoms with Crippen LogP contribution < -0.4 is 0 Å². The lowest BCUT2D eigenvalue weighted by Crippen LogP contribution is -1.95. The first-order chi connectivity index (χ1) is 6.59. The Balaban J connectivity index is 2.73. The highest BCUT2D eigenvalue weighted by atomic mass is 16.4. The number of carboxylic acid groups (broad SMARTS) is 1. The van der Waals surface area contributed by atoms with Gasteiger partial charge in [0.05, 0.1) is 16.6 Å². The van der Waals surface area contributed by atoms with Crippen LogP contribution in [0.4, 0.5) is 0 Å². The summed E-state index contributed by atoms with van der Waals surface area (Å²) in [6.45, 7) is 1.89. The van der Waals surface area contributed by atoms with Crippen LogP contribution in [0.2, 0.25) is 0 Å². The van der Waals surface area contributed by atoms with Crippen molar-refractivity contribution in [2.24, 2.45) is 7.05 Å². The van der Waals surface area contributed by atoms with Crippen molar-refractivity contribution < 1.29 is 9.90 Å². The topological polar surface area (TPSA) is 55.1 Å². The van der Waals surface area contributed by atoms with E-state index in [4.69, 9.17) is 5.11 Å². The van der Waals surface area contributed by atoms with Crippen molar-refractivity contribution in [2.45, 2.75) is 6.92 Å². The molecule has 0 atom stereocenters. The highest BCUT2D eigenvalue weighted by Gasteiger charge is 2.07. The van der Waals surface area contributed by atoms with E-state index in [1.807, 2.05) is 18.5 Å². The van der Waals surface area contributed by atoms with Crippen LogP contribution in [0.15, 0.2) is 18.2 Å². The SMILES string of the molecule is Cc1nc2cc(C(=O)O)ccc2n1C. The second-order valence-electron chi connectivity index (χ2n) is 3.23. The molecule has 0 aliphatic carbocycles. The van der Waals surface area contributed by atoms with Crippen molar-refractivity contribution in [2.75, 3.05) is 0 Å². The van der Waals surface area contributed by atoms with Gasteiger partial charge in [-0.15, -0.1) is 0 Å². The second-order valence-corrected chi connectivity index (χ2v) is 3.23. The summed E-state index contributed by atoms with van der Waals surface area (Å²) in [5, 5.41) is 8.79. The molecule has 4 heteroatoms. The Morgan fingerprint density at radius 1 is 1.50 bits per heavy atom. The van der Waals surface area contributed by atoms with Crippen LogP contribution in [-0.4, -0.2) is 20.6 Å². The maximum atomic E-state index is 10.7. The van der Waals surface area contributed by atoms with E-state index >= 15 is 0 Å². The molecule has 72 valence electrons. The van der Waals surface area contributed by atoms with Crippen LogP contribution in [-0.2, 0) is 7.05 Å². The fourth-order valence-corrected chi connectivity index (χ4v) is 1.45. The van der Waals surface area contributed by atoms with E-state index in [2.05, 4.69) is 4.98 Å². The smallest absolute Gasteiger partial charge is 0.335 e. The zero-order valence-corrected chi connectivity index (χ0v) is 7.98. The lowest BCUT2D eigenvalue weighted by molar-refractivity contribution is 0.0697. The fourth-order valence-electron chi connectivity index (χ4n) is 1.45. The monoisotopic (exact) mass is 190 g/mol. The first-order valence-electron chi connectivity index (χ1n) is 4.26. The molecule has 0 fully saturated rings. The summed E-state index contributed by atoms with van der Waals surface area (Å²) < 4.78 is 1.93. The first kappa shape index (κ1) is 8.74. The van der Waals surface area contributed by atoms with Gasteiger partial charge in [-0.05, 0) is 25.1 Å². The summed E-state index contributed by atoms with van der Waals surface area (Å²) in [6.07, 6.45) is 0. The Morgan fingerprint density at radius 2 is 2.21 bits per heavy atom. The number of imidazole rings is 1. The van der Waals surface area contributed by atoms with Gasteiger partial charge in [-0.3, -0.25) is 0 Å². The average Bonchev–Trinajstić information content (AvgIpc) is 2.42. The standard InChI is InChI=1S/C10H10N2O2/c1-6-11-8-5-7(10(13)14)3-4-9(8)12(6)2/h3-5H,1-2H3,(H,13,14). The van der Waals surface area contributed by atoms with Gasteiger partial charge in [0.1, 0.15) is 5.82 Å². The molecule has 0 unspecified atom stereocenters. The van der Waals surface area contributed by atoms with Crippen LogP contribution in [0.25, 0.3) is 11.0 Å². The molecule has 2 aromatic rings. The van der Waals surface area contributed by atoms with Crippen molar-refractivity contribution in [1.82, 2.24) is 9.55 Å². The van der Waals surface area contributed by atoms with Gasteiger partial charge in [-0.25, -0.2) is 9.78 Å². The van der Waals surface area contributed by atoms with Crippen LogP contribution >= 0.6 is 0 Å². The van der Waals surface area contributed by atoms with Gasteiger partial charge < -0.3 is 9.67 Å². The Kier molecular flexibility index (Phi) is 1.77. The van der Waals surface area contributed by atoms with E-state index in [-0.39, 0.29) is 5.56 Å². The molecule has 0 aliphatic heterocycles. The Morgan fingerprint density at radius 3 is 2.86 bits per heavy atom. The summed E-state index contributed by atoms with van der Waals surface area (Å²) in [6, 6.07) is 4.95. The largest absolute Gasteiger partial charge is 0.478 e. The fraction of sp³-hybridized carbons (Fsp3) is 0.200. The van der Waals surface area contributed by atoms with Crippen LogP contribution in [0.5, 0.6) is 0 Å². The number of rotatable bonds is 1. The van der Waals surface area contributed by atoms with E-state index in [0.29, 0.717) is 0 Å².